The average molecular weight is 281 g/mol. The van der Waals surface area contributed by atoms with Crippen LogP contribution in [0.5, 0.6) is 0 Å². The van der Waals surface area contributed by atoms with Crippen LogP contribution in [0.1, 0.15) is 6.42 Å². The zero-order valence-corrected chi connectivity index (χ0v) is 10.5. The Morgan fingerprint density at radius 3 is 2.95 bits per heavy atom. The van der Waals surface area contributed by atoms with Crippen LogP contribution in [0.3, 0.4) is 0 Å². The Hall–Kier alpha value is -1.95. The number of halogens is 2. The number of carbonyl (C=O) groups is 1. The van der Waals surface area contributed by atoms with Crippen molar-refractivity contribution in [1.82, 2.24) is 9.97 Å². The van der Waals surface area contributed by atoms with E-state index < -0.39 is 12.1 Å². The van der Waals surface area contributed by atoms with Gasteiger partial charge in [0.15, 0.2) is 0 Å². The van der Waals surface area contributed by atoms with Crippen molar-refractivity contribution in [3.05, 3.63) is 23.5 Å². The summed E-state index contributed by atoms with van der Waals surface area (Å²) in [6.07, 6.45) is 0.751. The predicted molar refractivity (Wildman–Crippen MR) is 70.6 cm³/mol. The Labute approximate surface area is 113 Å². The number of nitrogens with zero attached hydrogens (tertiary/aromatic N) is 2. The van der Waals surface area contributed by atoms with Gasteiger partial charge in [-0.2, -0.15) is 0 Å². The van der Waals surface area contributed by atoms with E-state index in [-0.39, 0.29) is 23.3 Å². The second kappa shape index (κ2) is 4.31. The maximum absolute atomic E-state index is 12.8. The fourth-order valence-electron chi connectivity index (χ4n) is 1.86. The summed E-state index contributed by atoms with van der Waals surface area (Å²) < 4.78 is 12.8. The summed E-state index contributed by atoms with van der Waals surface area (Å²) in [5, 5.41) is 4.20. The van der Waals surface area contributed by atoms with E-state index in [0.717, 1.165) is 5.39 Å². The summed E-state index contributed by atoms with van der Waals surface area (Å²) in [5.41, 5.74) is 5.71. The highest BCUT2D eigenvalue weighted by atomic mass is 35.5. The molecular weight excluding hydrogens is 271 g/mol. The number of nitrogen functional groups attached to an aromatic ring is 1. The molecule has 0 saturated heterocycles. The molecule has 0 aromatic carbocycles. The monoisotopic (exact) mass is 280 g/mol. The number of alkyl halides is 1. The van der Waals surface area contributed by atoms with Crippen LogP contribution in [0.4, 0.5) is 16.0 Å². The highest BCUT2D eigenvalue weighted by molar-refractivity contribution is 6.30. The number of pyridine rings is 2. The van der Waals surface area contributed by atoms with E-state index in [4.69, 9.17) is 17.3 Å². The minimum atomic E-state index is -1.03. The molecular formula is C12H10ClFN4O. The van der Waals surface area contributed by atoms with Crippen molar-refractivity contribution in [1.29, 1.82) is 0 Å². The third kappa shape index (κ3) is 2.31. The van der Waals surface area contributed by atoms with Crippen molar-refractivity contribution in [2.45, 2.75) is 12.6 Å². The van der Waals surface area contributed by atoms with Gasteiger partial charge in [-0.15, -0.1) is 0 Å². The van der Waals surface area contributed by atoms with Crippen molar-refractivity contribution in [3.63, 3.8) is 0 Å². The van der Waals surface area contributed by atoms with Crippen LogP contribution in [0, 0.1) is 5.92 Å². The molecule has 7 heteroatoms. The highest BCUT2D eigenvalue weighted by Gasteiger charge is 2.43. The number of nitrogens with one attached hydrogen (secondary N) is 1. The van der Waals surface area contributed by atoms with Gasteiger partial charge in [0, 0.05) is 11.6 Å². The van der Waals surface area contributed by atoms with Gasteiger partial charge >= 0.3 is 0 Å². The number of fused-ring (bicyclic) bond motifs is 1. The summed E-state index contributed by atoms with van der Waals surface area (Å²) in [4.78, 5) is 19.6. The highest BCUT2D eigenvalue weighted by Crippen LogP contribution is 2.34. The van der Waals surface area contributed by atoms with Crippen LogP contribution in [0.2, 0.25) is 5.15 Å². The lowest BCUT2D eigenvalue weighted by Gasteiger charge is -2.06. The molecule has 98 valence electrons. The molecule has 0 aliphatic heterocycles. The molecule has 19 heavy (non-hydrogen) atoms. The zero-order valence-electron chi connectivity index (χ0n) is 9.73. The fraction of sp³-hybridized carbons (Fsp3) is 0.250. The van der Waals surface area contributed by atoms with E-state index in [1.54, 1.807) is 12.1 Å². The lowest BCUT2D eigenvalue weighted by atomic mass is 10.2. The van der Waals surface area contributed by atoms with Crippen LogP contribution < -0.4 is 11.1 Å². The molecule has 0 radical (unpaired) electrons. The summed E-state index contributed by atoms with van der Waals surface area (Å²) in [5.74, 6) is -0.284. The topological polar surface area (TPSA) is 80.9 Å². The molecule has 2 aromatic rings. The van der Waals surface area contributed by atoms with E-state index in [1.165, 1.54) is 6.20 Å². The van der Waals surface area contributed by atoms with Crippen LogP contribution >= 0.6 is 11.6 Å². The molecule has 1 amide bonds. The standard InChI is InChI=1S/C12H10ClFN4O/c13-9-1-5-2-10(16-4-7(5)11(15)17-9)18-12(19)6-3-8(6)14/h1-2,4,6,8H,3H2,(H2,15,17)(H,16,18,19)/t6-,8-/m0/s1. The van der Waals surface area contributed by atoms with E-state index in [1.807, 2.05) is 0 Å². The van der Waals surface area contributed by atoms with Gasteiger partial charge in [0.2, 0.25) is 5.91 Å². The molecule has 0 spiro atoms. The largest absolute Gasteiger partial charge is 0.383 e. The molecule has 1 aliphatic carbocycles. The number of amides is 1. The van der Waals surface area contributed by atoms with Crippen molar-refractivity contribution in [2.24, 2.45) is 5.92 Å². The summed E-state index contributed by atoms with van der Waals surface area (Å²) in [6, 6.07) is 3.26. The maximum Gasteiger partial charge on any atom is 0.231 e. The SMILES string of the molecule is Nc1nc(Cl)cc2cc(NC(=O)[C@H]3C[C@@H]3F)ncc12. The number of rotatable bonds is 2. The lowest BCUT2D eigenvalue weighted by Crippen LogP contribution is -2.15. The van der Waals surface area contributed by atoms with E-state index >= 15 is 0 Å². The molecule has 3 rings (SSSR count). The number of hydrogen-bond acceptors (Lipinski definition) is 4. The first-order valence-corrected chi connectivity index (χ1v) is 6.09. The summed E-state index contributed by atoms with van der Waals surface area (Å²) >= 11 is 5.81. The molecule has 1 saturated carbocycles. The average Bonchev–Trinajstić information content (AvgIpc) is 3.05. The lowest BCUT2D eigenvalue weighted by molar-refractivity contribution is -0.117. The number of aromatic nitrogens is 2. The third-order valence-corrected chi connectivity index (χ3v) is 3.21. The first kappa shape index (κ1) is 12.1. The Bertz CT molecular complexity index is 678. The Balaban J connectivity index is 1.91. The first-order valence-electron chi connectivity index (χ1n) is 5.71. The van der Waals surface area contributed by atoms with Crippen molar-refractivity contribution in [3.8, 4) is 0 Å². The van der Waals surface area contributed by atoms with Crippen molar-refractivity contribution >= 4 is 39.9 Å². The molecule has 2 atom stereocenters. The number of carbonyl (C=O) groups excluding carboxylic acids is 1. The van der Waals surface area contributed by atoms with Gasteiger partial charge in [-0.25, -0.2) is 14.4 Å². The maximum atomic E-state index is 12.8. The Kier molecular flexibility index (Phi) is 2.74. The van der Waals surface area contributed by atoms with Gasteiger partial charge in [0.05, 0.1) is 5.92 Å². The quantitative estimate of drug-likeness (QED) is 0.826. The second-order valence-corrected chi connectivity index (χ2v) is 4.86. The van der Waals surface area contributed by atoms with Gasteiger partial charge in [-0.05, 0) is 23.9 Å². The van der Waals surface area contributed by atoms with Crippen LogP contribution in [-0.2, 0) is 4.79 Å². The number of nitrogens with two attached hydrogens (primary N) is 1. The molecule has 2 heterocycles. The number of anilines is 2. The zero-order chi connectivity index (χ0) is 13.6. The minimum Gasteiger partial charge on any atom is -0.383 e. The third-order valence-electron chi connectivity index (χ3n) is 3.01. The van der Waals surface area contributed by atoms with Crippen LogP contribution in [-0.4, -0.2) is 22.0 Å². The normalized spacial score (nSPS) is 21.4. The molecule has 0 bridgehead atoms. The number of hydrogen-bond donors (Lipinski definition) is 2. The summed E-state index contributed by atoms with van der Waals surface area (Å²) in [7, 11) is 0. The Morgan fingerprint density at radius 2 is 2.26 bits per heavy atom. The minimum absolute atomic E-state index is 0.263. The van der Waals surface area contributed by atoms with Gasteiger partial charge < -0.3 is 11.1 Å². The second-order valence-electron chi connectivity index (χ2n) is 4.47. The van der Waals surface area contributed by atoms with E-state index in [9.17, 15) is 9.18 Å². The van der Waals surface area contributed by atoms with Crippen molar-refractivity contribution < 1.29 is 9.18 Å². The first-order chi connectivity index (χ1) is 9.04. The van der Waals surface area contributed by atoms with Crippen LogP contribution in [0.15, 0.2) is 18.3 Å². The van der Waals surface area contributed by atoms with Gasteiger partial charge in [-0.3, -0.25) is 4.79 Å². The van der Waals surface area contributed by atoms with Gasteiger partial charge in [0.25, 0.3) is 0 Å². The van der Waals surface area contributed by atoms with E-state index in [0.29, 0.717) is 11.2 Å². The van der Waals surface area contributed by atoms with Gasteiger partial charge in [0.1, 0.15) is 23.0 Å². The molecule has 0 unspecified atom stereocenters. The summed E-state index contributed by atoms with van der Waals surface area (Å²) in [6.45, 7) is 0. The van der Waals surface area contributed by atoms with E-state index in [2.05, 4.69) is 15.3 Å². The smallest absolute Gasteiger partial charge is 0.231 e. The van der Waals surface area contributed by atoms with Crippen molar-refractivity contribution in [2.75, 3.05) is 11.1 Å². The molecule has 3 N–H and O–H groups in total. The fourth-order valence-corrected chi connectivity index (χ4v) is 2.07. The molecule has 1 fully saturated rings. The molecule has 5 nitrogen and oxygen atoms in total. The van der Waals surface area contributed by atoms with Gasteiger partial charge in [-0.1, -0.05) is 11.6 Å². The Morgan fingerprint density at radius 1 is 1.53 bits per heavy atom. The predicted octanol–water partition coefficient (Wildman–Crippen LogP) is 2.16. The van der Waals surface area contributed by atoms with Crippen LogP contribution in [0.25, 0.3) is 10.8 Å². The molecule has 2 aromatic heterocycles. The molecule has 1 aliphatic rings.